The summed E-state index contributed by atoms with van der Waals surface area (Å²) in [5, 5.41) is 0. The first-order valence-electron chi connectivity index (χ1n) is 7.59. The Bertz CT molecular complexity index is 187. The molecule has 0 spiro atoms. The van der Waals surface area contributed by atoms with Gasteiger partial charge in [0.05, 0.1) is 0 Å². The van der Waals surface area contributed by atoms with E-state index in [0.29, 0.717) is 0 Å². The molecular weight excluding hydrogens is 210 g/mol. The standard InChI is InChI=1S/C13H25NO.C2H6/c1-11(2)13-4-3-7-14(13)10-12-5-8-15-9-6-12;1-2/h11-13H,3-10H2,1-2H3;1-2H3. The Morgan fingerprint density at radius 1 is 1.12 bits per heavy atom. The molecule has 0 radical (unpaired) electrons. The van der Waals surface area contributed by atoms with Crippen molar-refractivity contribution in [3.8, 4) is 0 Å². The van der Waals surface area contributed by atoms with Crippen LogP contribution >= 0.6 is 0 Å². The fourth-order valence-corrected chi connectivity index (χ4v) is 3.09. The number of rotatable bonds is 3. The molecule has 2 heterocycles. The predicted molar refractivity (Wildman–Crippen MR) is 74.3 cm³/mol. The Balaban J connectivity index is 0.000000686. The van der Waals surface area contributed by atoms with Crippen molar-refractivity contribution in [1.29, 1.82) is 0 Å². The molecule has 102 valence electrons. The van der Waals surface area contributed by atoms with E-state index in [0.717, 1.165) is 31.1 Å². The average Bonchev–Trinajstić information content (AvgIpc) is 2.81. The van der Waals surface area contributed by atoms with Crippen LogP contribution < -0.4 is 0 Å². The van der Waals surface area contributed by atoms with Crippen molar-refractivity contribution in [3.63, 3.8) is 0 Å². The van der Waals surface area contributed by atoms with Gasteiger partial charge in [0, 0.05) is 25.8 Å². The van der Waals surface area contributed by atoms with Gasteiger partial charge in [-0.2, -0.15) is 0 Å². The lowest BCUT2D eigenvalue weighted by Gasteiger charge is -2.32. The van der Waals surface area contributed by atoms with Crippen LogP contribution in [0.1, 0.15) is 53.4 Å². The molecule has 2 heteroatoms. The fourth-order valence-electron chi connectivity index (χ4n) is 3.09. The van der Waals surface area contributed by atoms with Crippen molar-refractivity contribution >= 4 is 0 Å². The lowest BCUT2D eigenvalue weighted by molar-refractivity contribution is 0.0477. The second kappa shape index (κ2) is 8.10. The topological polar surface area (TPSA) is 12.5 Å². The average molecular weight is 241 g/mol. The van der Waals surface area contributed by atoms with Gasteiger partial charge in [-0.15, -0.1) is 0 Å². The normalized spacial score (nSPS) is 27.0. The summed E-state index contributed by atoms with van der Waals surface area (Å²) < 4.78 is 5.42. The molecule has 2 aliphatic rings. The number of hydrogen-bond acceptors (Lipinski definition) is 2. The van der Waals surface area contributed by atoms with Crippen LogP contribution in [0.3, 0.4) is 0 Å². The van der Waals surface area contributed by atoms with Gasteiger partial charge in [0.2, 0.25) is 0 Å². The molecule has 0 bridgehead atoms. The smallest absolute Gasteiger partial charge is 0.0469 e. The van der Waals surface area contributed by atoms with Crippen LogP contribution in [-0.4, -0.2) is 37.2 Å². The molecule has 17 heavy (non-hydrogen) atoms. The van der Waals surface area contributed by atoms with Crippen LogP contribution in [0.25, 0.3) is 0 Å². The maximum Gasteiger partial charge on any atom is 0.0469 e. The molecule has 2 fully saturated rings. The maximum atomic E-state index is 5.42. The molecule has 0 amide bonds. The lowest BCUT2D eigenvalue weighted by atomic mass is 9.97. The molecular formula is C15H31NO. The molecule has 0 saturated carbocycles. The van der Waals surface area contributed by atoms with E-state index in [1.807, 2.05) is 13.8 Å². The molecule has 0 aromatic carbocycles. The molecule has 2 saturated heterocycles. The van der Waals surface area contributed by atoms with Crippen molar-refractivity contribution in [2.45, 2.75) is 59.4 Å². The second-order valence-corrected chi connectivity index (χ2v) is 5.50. The van der Waals surface area contributed by atoms with Crippen LogP contribution in [0.15, 0.2) is 0 Å². The number of ether oxygens (including phenoxy) is 1. The zero-order chi connectivity index (χ0) is 12.7. The molecule has 2 nitrogen and oxygen atoms in total. The van der Waals surface area contributed by atoms with E-state index in [2.05, 4.69) is 18.7 Å². The zero-order valence-electron chi connectivity index (χ0n) is 12.2. The first-order valence-corrected chi connectivity index (χ1v) is 7.59. The Kier molecular flexibility index (Phi) is 7.14. The minimum absolute atomic E-state index is 0.826. The number of likely N-dealkylation sites (tertiary alicyclic amines) is 1. The minimum Gasteiger partial charge on any atom is -0.381 e. The first kappa shape index (κ1) is 15.0. The Morgan fingerprint density at radius 2 is 1.76 bits per heavy atom. The highest BCUT2D eigenvalue weighted by Gasteiger charge is 2.29. The quantitative estimate of drug-likeness (QED) is 0.749. The van der Waals surface area contributed by atoms with Gasteiger partial charge < -0.3 is 4.74 Å². The summed E-state index contributed by atoms with van der Waals surface area (Å²) >= 11 is 0. The molecule has 0 N–H and O–H groups in total. The molecule has 0 aromatic heterocycles. The maximum absolute atomic E-state index is 5.42. The van der Waals surface area contributed by atoms with Crippen molar-refractivity contribution in [2.75, 3.05) is 26.3 Å². The van der Waals surface area contributed by atoms with Crippen molar-refractivity contribution < 1.29 is 4.74 Å². The van der Waals surface area contributed by atoms with E-state index in [1.54, 1.807) is 0 Å². The highest BCUT2D eigenvalue weighted by atomic mass is 16.5. The summed E-state index contributed by atoms with van der Waals surface area (Å²) in [4.78, 5) is 2.74. The third-order valence-electron chi connectivity index (χ3n) is 4.02. The molecule has 0 aromatic rings. The Morgan fingerprint density at radius 3 is 2.35 bits per heavy atom. The number of nitrogens with zero attached hydrogens (tertiary/aromatic N) is 1. The van der Waals surface area contributed by atoms with E-state index >= 15 is 0 Å². The summed E-state index contributed by atoms with van der Waals surface area (Å²) in [5.74, 6) is 1.73. The summed E-state index contributed by atoms with van der Waals surface area (Å²) in [5.41, 5.74) is 0. The number of hydrogen-bond donors (Lipinski definition) is 0. The van der Waals surface area contributed by atoms with Crippen LogP contribution in [0.2, 0.25) is 0 Å². The van der Waals surface area contributed by atoms with Gasteiger partial charge in [-0.1, -0.05) is 27.7 Å². The van der Waals surface area contributed by atoms with Gasteiger partial charge in [-0.25, -0.2) is 0 Å². The molecule has 0 aliphatic carbocycles. The third kappa shape index (κ3) is 4.59. The van der Waals surface area contributed by atoms with Gasteiger partial charge in [0.1, 0.15) is 0 Å². The molecule has 2 rings (SSSR count). The highest BCUT2D eigenvalue weighted by molar-refractivity contribution is 4.83. The second-order valence-electron chi connectivity index (χ2n) is 5.50. The van der Waals surface area contributed by atoms with Crippen molar-refractivity contribution in [2.24, 2.45) is 11.8 Å². The molecule has 1 unspecified atom stereocenters. The van der Waals surface area contributed by atoms with E-state index < -0.39 is 0 Å². The predicted octanol–water partition coefficient (Wildman–Crippen LogP) is 3.56. The zero-order valence-corrected chi connectivity index (χ0v) is 12.2. The fraction of sp³-hybridized carbons (Fsp3) is 1.00. The molecule has 2 aliphatic heterocycles. The van der Waals surface area contributed by atoms with Gasteiger partial charge in [-0.3, -0.25) is 4.90 Å². The minimum atomic E-state index is 0.826. The molecule has 1 atom stereocenters. The highest BCUT2D eigenvalue weighted by Crippen LogP contribution is 2.26. The summed E-state index contributed by atoms with van der Waals surface area (Å²) in [7, 11) is 0. The SMILES string of the molecule is CC.CC(C)C1CCCN1CC1CCOCC1. The van der Waals surface area contributed by atoms with Gasteiger partial charge in [-0.05, 0) is 44.1 Å². The first-order chi connectivity index (χ1) is 8.27. The van der Waals surface area contributed by atoms with Gasteiger partial charge >= 0.3 is 0 Å². The van der Waals surface area contributed by atoms with Gasteiger partial charge in [0.15, 0.2) is 0 Å². The Hall–Kier alpha value is -0.0800. The van der Waals surface area contributed by atoms with E-state index in [-0.39, 0.29) is 0 Å². The van der Waals surface area contributed by atoms with E-state index in [4.69, 9.17) is 4.74 Å². The van der Waals surface area contributed by atoms with E-state index in [9.17, 15) is 0 Å². The Labute approximate surface area is 108 Å². The lowest BCUT2D eigenvalue weighted by Crippen LogP contribution is -2.38. The summed E-state index contributed by atoms with van der Waals surface area (Å²) in [6.07, 6.45) is 5.38. The van der Waals surface area contributed by atoms with Crippen LogP contribution in [0.5, 0.6) is 0 Å². The van der Waals surface area contributed by atoms with Crippen molar-refractivity contribution in [3.05, 3.63) is 0 Å². The van der Waals surface area contributed by atoms with Crippen LogP contribution in [-0.2, 0) is 4.74 Å². The largest absolute Gasteiger partial charge is 0.381 e. The summed E-state index contributed by atoms with van der Waals surface area (Å²) in [6.45, 7) is 13.4. The summed E-state index contributed by atoms with van der Waals surface area (Å²) in [6, 6.07) is 0.854. The van der Waals surface area contributed by atoms with Crippen LogP contribution in [0, 0.1) is 11.8 Å². The monoisotopic (exact) mass is 241 g/mol. The van der Waals surface area contributed by atoms with Gasteiger partial charge in [0.25, 0.3) is 0 Å². The van der Waals surface area contributed by atoms with E-state index in [1.165, 1.54) is 38.8 Å². The third-order valence-corrected chi connectivity index (χ3v) is 4.02. The van der Waals surface area contributed by atoms with Crippen LogP contribution in [0.4, 0.5) is 0 Å². The van der Waals surface area contributed by atoms with Crippen molar-refractivity contribution in [1.82, 2.24) is 4.90 Å².